The van der Waals surface area contributed by atoms with Crippen molar-refractivity contribution < 1.29 is 23.8 Å². The molecule has 9 heteroatoms. The molecule has 0 radical (unpaired) electrons. The van der Waals surface area contributed by atoms with Crippen LogP contribution in [-0.4, -0.2) is 39.3 Å². The quantitative estimate of drug-likeness (QED) is 0.239. The highest BCUT2D eigenvalue weighted by Gasteiger charge is 2.43. The molecule has 5 rings (SSSR count). The summed E-state index contributed by atoms with van der Waals surface area (Å²) >= 11 is 6.41. The Morgan fingerprint density at radius 3 is 2.56 bits per heavy atom. The number of benzene rings is 3. The Morgan fingerprint density at radius 1 is 1.08 bits per heavy atom. The Morgan fingerprint density at radius 2 is 1.85 bits per heavy atom. The first-order valence-electron chi connectivity index (χ1n) is 12.8. The van der Waals surface area contributed by atoms with E-state index in [0.29, 0.717) is 52.3 Å². The maximum Gasteiger partial charge on any atom is 0.273 e. The summed E-state index contributed by atoms with van der Waals surface area (Å²) in [6, 6.07) is 14.3. The summed E-state index contributed by atoms with van der Waals surface area (Å²) in [6.45, 7) is 6.93. The predicted octanol–water partition coefficient (Wildman–Crippen LogP) is 6.82. The van der Waals surface area contributed by atoms with Crippen molar-refractivity contribution >= 4 is 17.5 Å². The van der Waals surface area contributed by atoms with Gasteiger partial charge in [-0.1, -0.05) is 36.7 Å². The van der Waals surface area contributed by atoms with E-state index in [9.17, 15) is 14.3 Å². The fourth-order valence-corrected chi connectivity index (χ4v) is 5.01. The molecule has 1 amide bonds. The van der Waals surface area contributed by atoms with Gasteiger partial charge in [-0.2, -0.15) is 5.10 Å². The molecule has 0 aliphatic carbocycles. The van der Waals surface area contributed by atoms with Crippen LogP contribution in [0.2, 0.25) is 5.02 Å². The number of nitrogens with one attached hydrogen (secondary N) is 1. The highest BCUT2D eigenvalue weighted by Crippen LogP contribution is 2.47. The number of hydrogen-bond donors (Lipinski definition) is 2. The third-order valence-electron chi connectivity index (χ3n) is 6.71. The molecule has 1 atom stereocenters. The number of carbonyl (C=O) groups is 1. The molecule has 1 aliphatic rings. The molecule has 2 heterocycles. The van der Waals surface area contributed by atoms with Crippen molar-refractivity contribution in [1.82, 2.24) is 15.1 Å². The molecule has 2 N–H and O–H groups in total. The summed E-state index contributed by atoms with van der Waals surface area (Å²) in [6.07, 6.45) is 0.847. The van der Waals surface area contributed by atoms with E-state index in [0.717, 1.165) is 23.1 Å². The third-order valence-corrected chi connectivity index (χ3v) is 7.11. The lowest BCUT2D eigenvalue weighted by molar-refractivity contribution is 0.0729. The van der Waals surface area contributed by atoms with Gasteiger partial charge in [0, 0.05) is 22.7 Å². The van der Waals surface area contributed by atoms with Crippen molar-refractivity contribution in [3.05, 3.63) is 93.4 Å². The summed E-state index contributed by atoms with van der Waals surface area (Å²) in [5.74, 6) is 0.577. The number of nitrogens with zero attached hydrogens (tertiary/aromatic N) is 2. The maximum atomic E-state index is 13.8. The van der Waals surface area contributed by atoms with E-state index in [-0.39, 0.29) is 24.0 Å². The van der Waals surface area contributed by atoms with Gasteiger partial charge in [-0.05, 0) is 73.4 Å². The Bertz CT molecular complexity index is 1520. The lowest BCUT2D eigenvalue weighted by Crippen LogP contribution is -2.29. The average Bonchev–Trinajstić information content (AvgIpc) is 3.46. The molecular formula is C30H29ClFN3O4. The molecule has 7 nitrogen and oxygen atoms in total. The first-order valence-corrected chi connectivity index (χ1v) is 13.2. The van der Waals surface area contributed by atoms with Crippen molar-refractivity contribution in [3.8, 4) is 28.5 Å². The number of halogens is 2. The van der Waals surface area contributed by atoms with Gasteiger partial charge in [0.25, 0.3) is 5.91 Å². The van der Waals surface area contributed by atoms with Gasteiger partial charge in [0.2, 0.25) is 0 Å². The SMILES string of the molecule is CCCOc1ccc(C2c3c(-c4cc(Cl)c(C)cc4O)n[nH]c3C(=O)N2Cc2ccc(F)cc2)cc1OCC. The number of ether oxygens (including phenoxy) is 2. The zero-order chi connectivity index (χ0) is 27.7. The lowest BCUT2D eigenvalue weighted by Gasteiger charge is -2.27. The number of phenols is 1. The number of aromatic amines is 1. The van der Waals surface area contributed by atoms with Crippen molar-refractivity contribution in [1.29, 1.82) is 0 Å². The van der Waals surface area contributed by atoms with Gasteiger partial charge in [0.05, 0.1) is 19.3 Å². The fraction of sp³-hybridized carbons (Fsp3) is 0.267. The minimum Gasteiger partial charge on any atom is -0.507 e. The molecule has 0 saturated carbocycles. The molecule has 39 heavy (non-hydrogen) atoms. The maximum absolute atomic E-state index is 13.8. The standard InChI is InChI=1S/C30H29ClFN3O4/c1-4-12-39-24-11-8-19(14-25(24)38-5-2)29-26-27(21-15-22(31)17(3)13-23(21)36)33-34-28(26)30(37)35(29)16-18-6-9-20(32)10-7-18/h6-11,13-15,29,36H,4-5,12,16H2,1-3H3,(H,33,34). The van der Waals surface area contributed by atoms with Crippen LogP contribution in [0.25, 0.3) is 11.3 Å². The molecule has 1 aliphatic heterocycles. The summed E-state index contributed by atoms with van der Waals surface area (Å²) in [5.41, 5.74) is 4.03. The topological polar surface area (TPSA) is 87.7 Å². The number of amides is 1. The molecular weight excluding hydrogens is 521 g/mol. The van der Waals surface area contributed by atoms with Crippen molar-refractivity contribution in [2.45, 2.75) is 39.8 Å². The molecule has 0 fully saturated rings. The minimum absolute atomic E-state index is 0.00713. The molecule has 0 saturated heterocycles. The summed E-state index contributed by atoms with van der Waals surface area (Å²) in [4.78, 5) is 15.5. The molecule has 1 aromatic heterocycles. The highest BCUT2D eigenvalue weighted by molar-refractivity contribution is 6.31. The average molecular weight is 550 g/mol. The number of carbonyl (C=O) groups excluding carboxylic acids is 1. The molecule has 202 valence electrons. The summed E-state index contributed by atoms with van der Waals surface area (Å²) in [7, 11) is 0. The normalized spacial score (nSPS) is 14.5. The van der Waals surface area contributed by atoms with Crippen molar-refractivity contribution in [2.24, 2.45) is 0 Å². The number of aromatic nitrogens is 2. The largest absolute Gasteiger partial charge is 0.507 e. The first-order chi connectivity index (χ1) is 18.8. The molecule has 3 aromatic carbocycles. The van der Waals surface area contributed by atoms with E-state index in [4.69, 9.17) is 21.1 Å². The Hall–Kier alpha value is -4.04. The predicted molar refractivity (Wildman–Crippen MR) is 147 cm³/mol. The van der Waals surface area contributed by atoms with Gasteiger partial charge < -0.3 is 19.5 Å². The van der Waals surface area contributed by atoms with Crippen molar-refractivity contribution in [3.63, 3.8) is 0 Å². The Balaban J connectivity index is 1.66. The van der Waals surface area contributed by atoms with Gasteiger partial charge in [-0.3, -0.25) is 9.89 Å². The number of hydrogen-bond acceptors (Lipinski definition) is 5. The van der Waals surface area contributed by atoms with Crippen LogP contribution in [0.5, 0.6) is 17.2 Å². The second kappa shape index (κ2) is 11.0. The van der Waals surface area contributed by atoms with Gasteiger partial charge in [-0.15, -0.1) is 0 Å². The fourth-order valence-electron chi connectivity index (χ4n) is 4.85. The zero-order valence-corrected chi connectivity index (χ0v) is 22.7. The number of aryl methyl sites for hydroxylation is 1. The summed E-state index contributed by atoms with van der Waals surface area (Å²) in [5, 5.41) is 18.6. The number of fused-ring (bicyclic) bond motifs is 1. The van der Waals surface area contributed by atoms with Gasteiger partial charge in [0.1, 0.15) is 23.0 Å². The van der Waals surface area contributed by atoms with Crippen LogP contribution in [0.1, 0.15) is 59.1 Å². The number of phenolic OH excluding ortho intramolecular Hbond substituents is 1. The van der Waals surface area contributed by atoms with E-state index < -0.39 is 6.04 Å². The molecule has 0 bridgehead atoms. The van der Waals surface area contributed by atoms with Crippen molar-refractivity contribution in [2.75, 3.05) is 13.2 Å². The van der Waals surface area contributed by atoms with E-state index in [1.165, 1.54) is 12.1 Å². The number of H-pyrrole nitrogens is 1. The second-order valence-corrected chi connectivity index (χ2v) is 9.84. The van der Waals surface area contributed by atoms with Crippen LogP contribution in [-0.2, 0) is 6.54 Å². The third kappa shape index (κ3) is 5.04. The van der Waals surface area contributed by atoms with E-state index in [1.54, 1.807) is 36.1 Å². The van der Waals surface area contributed by atoms with Crippen LogP contribution < -0.4 is 9.47 Å². The van der Waals surface area contributed by atoms with Gasteiger partial charge in [-0.25, -0.2) is 4.39 Å². The minimum atomic E-state index is -0.579. The Labute approximate surface area is 231 Å². The number of rotatable bonds is 9. The second-order valence-electron chi connectivity index (χ2n) is 9.43. The van der Waals surface area contributed by atoms with E-state index in [2.05, 4.69) is 10.2 Å². The lowest BCUT2D eigenvalue weighted by atomic mass is 9.94. The van der Waals surface area contributed by atoms with Gasteiger partial charge in [0.15, 0.2) is 11.5 Å². The number of aromatic hydroxyl groups is 1. The summed E-state index contributed by atoms with van der Waals surface area (Å²) < 4.78 is 25.4. The molecule has 4 aromatic rings. The van der Waals surface area contributed by atoms with Crippen LogP contribution in [0.3, 0.4) is 0 Å². The molecule has 1 unspecified atom stereocenters. The van der Waals surface area contributed by atoms with Crippen LogP contribution >= 0.6 is 11.6 Å². The zero-order valence-electron chi connectivity index (χ0n) is 21.9. The van der Waals surface area contributed by atoms with E-state index >= 15 is 0 Å². The molecule has 0 spiro atoms. The first kappa shape index (κ1) is 26.6. The van der Waals surface area contributed by atoms with E-state index in [1.807, 2.05) is 32.0 Å². The smallest absolute Gasteiger partial charge is 0.273 e. The van der Waals surface area contributed by atoms with Crippen LogP contribution in [0.15, 0.2) is 54.6 Å². The van der Waals surface area contributed by atoms with Crippen LogP contribution in [0, 0.1) is 12.7 Å². The Kier molecular flexibility index (Phi) is 7.48. The van der Waals surface area contributed by atoms with Gasteiger partial charge >= 0.3 is 0 Å². The van der Waals surface area contributed by atoms with Crippen LogP contribution in [0.4, 0.5) is 4.39 Å². The highest BCUT2D eigenvalue weighted by atomic mass is 35.5. The monoisotopic (exact) mass is 549 g/mol.